The van der Waals surface area contributed by atoms with E-state index in [0.29, 0.717) is 26.2 Å². The first kappa shape index (κ1) is 25.1. The number of amides is 1. The Balaban J connectivity index is 1.45. The summed E-state index contributed by atoms with van der Waals surface area (Å²) in [5.41, 5.74) is 2.37. The van der Waals surface area contributed by atoms with Crippen molar-refractivity contribution in [3.05, 3.63) is 51.7 Å². The molecule has 186 valence electrons. The van der Waals surface area contributed by atoms with E-state index in [4.69, 9.17) is 14.2 Å². The molecule has 1 amide bonds. The first-order chi connectivity index (χ1) is 16.5. The zero-order chi connectivity index (χ0) is 23.9. The Kier molecular flexibility index (Phi) is 8.97. The molecule has 4 rings (SSSR count). The van der Waals surface area contributed by atoms with Crippen molar-refractivity contribution < 1.29 is 24.1 Å². The smallest absolute Gasteiger partial charge is 0.237 e. The molecule has 0 saturated carbocycles. The van der Waals surface area contributed by atoms with Crippen molar-refractivity contribution in [2.45, 2.75) is 44.4 Å². The molecule has 1 fully saturated rings. The summed E-state index contributed by atoms with van der Waals surface area (Å²) in [6.07, 6.45) is 2.34. The number of carbonyl (C=O) groups is 1. The number of rotatable bonds is 11. The number of hydrogen-bond donors (Lipinski definition) is 1. The molecule has 0 aliphatic carbocycles. The first-order valence-corrected chi connectivity index (χ1v) is 13.0. The van der Waals surface area contributed by atoms with Gasteiger partial charge in [0, 0.05) is 38.2 Å². The SMILES string of the molecule is COC[C@H](O)CN(CC(=O)N1CCc2sccc2[C@@H]1COc1ccc(C)cc1)C[C@@H]1CCCO1. The average molecular weight is 489 g/mol. The number of thiophene rings is 1. The molecular weight excluding hydrogens is 452 g/mol. The summed E-state index contributed by atoms with van der Waals surface area (Å²) in [6, 6.07) is 10.00. The molecule has 1 saturated heterocycles. The largest absolute Gasteiger partial charge is 0.491 e. The van der Waals surface area contributed by atoms with Gasteiger partial charge in [-0.2, -0.15) is 0 Å². The van der Waals surface area contributed by atoms with E-state index in [-0.39, 0.29) is 31.2 Å². The van der Waals surface area contributed by atoms with Crippen LogP contribution in [0.15, 0.2) is 35.7 Å². The minimum Gasteiger partial charge on any atom is -0.491 e. The number of fused-ring (bicyclic) bond motifs is 1. The zero-order valence-electron chi connectivity index (χ0n) is 20.2. The first-order valence-electron chi connectivity index (χ1n) is 12.1. The lowest BCUT2D eigenvalue weighted by atomic mass is 10.0. The summed E-state index contributed by atoms with van der Waals surface area (Å²) in [6.45, 7) is 5.38. The lowest BCUT2D eigenvalue weighted by molar-refractivity contribution is -0.137. The number of aliphatic hydroxyl groups is 1. The van der Waals surface area contributed by atoms with Gasteiger partial charge in [-0.1, -0.05) is 17.7 Å². The third-order valence-electron chi connectivity index (χ3n) is 6.52. The molecule has 1 aromatic carbocycles. The van der Waals surface area contributed by atoms with Gasteiger partial charge in [0.05, 0.1) is 31.4 Å². The van der Waals surface area contributed by atoms with Crippen LogP contribution in [-0.4, -0.2) is 86.1 Å². The molecule has 1 aromatic heterocycles. The highest BCUT2D eigenvalue weighted by Gasteiger charge is 2.33. The fourth-order valence-corrected chi connectivity index (χ4v) is 5.72. The maximum Gasteiger partial charge on any atom is 0.237 e. The zero-order valence-corrected chi connectivity index (χ0v) is 21.0. The van der Waals surface area contributed by atoms with E-state index in [0.717, 1.165) is 31.6 Å². The van der Waals surface area contributed by atoms with E-state index in [1.54, 1.807) is 18.4 Å². The molecule has 0 bridgehead atoms. The van der Waals surface area contributed by atoms with Gasteiger partial charge in [-0.25, -0.2) is 0 Å². The second-order valence-corrected chi connectivity index (χ2v) is 10.2. The van der Waals surface area contributed by atoms with E-state index in [1.165, 1.54) is 16.0 Å². The van der Waals surface area contributed by atoms with Gasteiger partial charge in [0.2, 0.25) is 5.91 Å². The average Bonchev–Trinajstić information content (AvgIpc) is 3.50. The summed E-state index contributed by atoms with van der Waals surface area (Å²) in [7, 11) is 1.57. The van der Waals surface area contributed by atoms with Crippen molar-refractivity contribution in [1.82, 2.24) is 9.80 Å². The van der Waals surface area contributed by atoms with E-state index in [1.807, 2.05) is 34.1 Å². The van der Waals surface area contributed by atoms with Gasteiger partial charge in [-0.15, -0.1) is 11.3 Å². The number of methoxy groups -OCH3 is 1. The van der Waals surface area contributed by atoms with Crippen LogP contribution >= 0.6 is 11.3 Å². The summed E-state index contributed by atoms with van der Waals surface area (Å²) >= 11 is 1.75. The second-order valence-electron chi connectivity index (χ2n) is 9.21. The molecule has 2 aromatic rings. The van der Waals surface area contributed by atoms with Crippen LogP contribution < -0.4 is 4.74 Å². The lowest BCUT2D eigenvalue weighted by Crippen LogP contribution is -2.49. The van der Waals surface area contributed by atoms with Gasteiger partial charge in [-0.05, 0) is 55.3 Å². The molecule has 2 aliphatic heterocycles. The van der Waals surface area contributed by atoms with Gasteiger partial charge in [0.1, 0.15) is 12.4 Å². The normalized spacial score (nSPS) is 21.0. The van der Waals surface area contributed by atoms with Crippen LogP contribution in [0.4, 0.5) is 0 Å². The Morgan fingerprint density at radius 1 is 1.32 bits per heavy atom. The number of aliphatic hydroxyl groups excluding tert-OH is 1. The molecule has 0 unspecified atom stereocenters. The number of aryl methyl sites for hydroxylation is 1. The molecule has 0 radical (unpaired) electrons. The maximum absolute atomic E-state index is 13.6. The number of nitrogens with zero attached hydrogens (tertiary/aromatic N) is 2. The summed E-state index contributed by atoms with van der Waals surface area (Å²) in [5, 5.41) is 12.4. The van der Waals surface area contributed by atoms with Crippen LogP contribution in [0.1, 0.15) is 34.9 Å². The predicted octanol–water partition coefficient (Wildman–Crippen LogP) is 3.05. The Morgan fingerprint density at radius 3 is 2.88 bits per heavy atom. The molecule has 3 heterocycles. The molecular formula is C26H36N2O5S. The van der Waals surface area contributed by atoms with Crippen molar-refractivity contribution >= 4 is 17.2 Å². The van der Waals surface area contributed by atoms with Crippen molar-refractivity contribution in [2.75, 3.05) is 53.1 Å². The minimum atomic E-state index is -0.648. The van der Waals surface area contributed by atoms with Crippen LogP contribution in [0.2, 0.25) is 0 Å². The minimum absolute atomic E-state index is 0.0527. The van der Waals surface area contributed by atoms with Crippen molar-refractivity contribution in [3.63, 3.8) is 0 Å². The Morgan fingerprint density at radius 2 is 2.15 bits per heavy atom. The standard InChI is InChI=1S/C26H36N2O5S/c1-19-5-7-21(8-6-19)33-18-24-23-10-13-34-25(23)9-11-28(24)26(30)16-27(14-20(29)17-31-2)15-22-4-3-12-32-22/h5-8,10,13,20,22,24,29H,3-4,9,11-12,14-18H2,1-2H3/t20-,22+,24+/m1/s1. The molecule has 7 nitrogen and oxygen atoms in total. The van der Waals surface area contributed by atoms with Crippen molar-refractivity contribution in [2.24, 2.45) is 0 Å². The van der Waals surface area contributed by atoms with Gasteiger partial charge in [-0.3, -0.25) is 9.69 Å². The topological polar surface area (TPSA) is 71.5 Å². The lowest BCUT2D eigenvalue weighted by Gasteiger charge is -2.37. The quantitative estimate of drug-likeness (QED) is 0.524. The van der Waals surface area contributed by atoms with E-state index < -0.39 is 6.10 Å². The Hall–Kier alpha value is -1.97. The third kappa shape index (κ3) is 6.58. The summed E-state index contributed by atoms with van der Waals surface area (Å²) in [5.74, 6) is 0.861. The van der Waals surface area contributed by atoms with Crippen LogP contribution in [0, 0.1) is 6.92 Å². The van der Waals surface area contributed by atoms with Gasteiger partial charge < -0.3 is 24.2 Å². The number of hydrogen-bond acceptors (Lipinski definition) is 7. The fraction of sp³-hybridized carbons (Fsp3) is 0.577. The van der Waals surface area contributed by atoms with Crippen LogP contribution in [0.25, 0.3) is 0 Å². The number of carbonyl (C=O) groups excluding carboxylic acids is 1. The van der Waals surface area contributed by atoms with Gasteiger partial charge >= 0.3 is 0 Å². The number of benzene rings is 1. The van der Waals surface area contributed by atoms with Crippen LogP contribution in [0.3, 0.4) is 0 Å². The number of ether oxygens (including phenoxy) is 3. The van der Waals surface area contributed by atoms with Gasteiger partial charge in [0.15, 0.2) is 0 Å². The molecule has 1 N–H and O–H groups in total. The molecule has 8 heteroatoms. The van der Waals surface area contributed by atoms with Crippen LogP contribution in [-0.2, 0) is 20.7 Å². The highest BCUT2D eigenvalue weighted by molar-refractivity contribution is 7.10. The fourth-order valence-electron chi connectivity index (χ4n) is 4.79. The van der Waals surface area contributed by atoms with Crippen LogP contribution in [0.5, 0.6) is 5.75 Å². The summed E-state index contributed by atoms with van der Waals surface area (Å²) in [4.78, 5) is 18.9. The molecule has 2 aliphatic rings. The Labute approximate surface area is 206 Å². The van der Waals surface area contributed by atoms with E-state index >= 15 is 0 Å². The van der Waals surface area contributed by atoms with E-state index in [2.05, 4.69) is 18.4 Å². The molecule has 0 spiro atoms. The summed E-state index contributed by atoms with van der Waals surface area (Å²) < 4.78 is 17.0. The van der Waals surface area contributed by atoms with Gasteiger partial charge in [0.25, 0.3) is 0 Å². The highest BCUT2D eigenvalue weighted by atomic mass is 32.1. The highest BCUT2D eigenvalue weighted by Crippen LogP contribution is 2.34. The predicted molar refractivity (Wildman–Crippen MR) is 132 cm³/mol. The van der Waals surface area contributed by atoms with Crippen molar-refractivity contribution in [1.29, 1.82) is 0 Å². The molecule has 3 atom stereocenters. The van der Waals surface area contributed by atoms with E-state index in [9.17, 15) is 9.90 Å². The Bertz CT molecular complexity index is 912. The molecule has 34 heavy (non-hydrogen) atoms. The van der Waals surface area contributed by atoms with Crippen molar-refractivity contribution in [3.8, 4) is 5.75 Å². The monoisotopic (exact) mass is 488 g/mol. The third-order valence-corrected chi connectivity index (χ3v) is 7.51. The second kappa shape index (κ2) is 12.1. The maximum atomic E-state index is 13.6.